The van der Waals surface area contributed by atoms with Gasteiger partial charge in [0.2, 0.25) is 67.8 Å². The topological polar surface area (TPSA) is 70.0 Å². The molecule has 4 aromatic rings. The third-order valence-electron chi connectivity index (χ3n) is 6.74. The Morgan fingerprint density at radius 3 is 0.679 bits per heavy atom. The number of allylic oxidation sites excluding steroid dienone is 4. The average Bonchev–Trinajstić information content (AvgIpc) is 3.08. The Morgan fingerprint density at radius 2 is 0.518 bits per heavy atom. The van der Waals surface area contributed by atoms with Crippen molar-refractivity contribution in [3.8, 4) is 0 Å². The number of rotatable bonds is 8. The van der Waals surface area contributed by atoms with E-state index < -0.39 is 139 Å². The van der Waals surface area contributed by atoms with Gasteiger partial charge in [-0.05, 0) is 25.7 Å². The Balaban J connectivity index is 0.000000830. The molecule has 0 saturated carbocycles. The van der Waals surface area contributed by atoms with Crippen molar-refractivity contribution < 1.29 is 107 Å². The molecule has 56 heavy (non-hydrogen) atoms. The van der Waals surface area contributed by atoms with E-state index in [1.54, 1.807) is 0 Å². The van der Waals surface area contributed by atoms with Crippen LogP contribution in [0.5, 0.6) is 0 Å². The number of aromatic nitrogens is 4. The fraction of sp³-hybridized carbons (Fsp3) is 0.143. The van der Waals surface area contributed by atoms with E-state index >= 15 is 8.63 Å². The molecule has 0 spiro atoms. The number of nitrogens with zero attached hydrogens (tertiary/aromatic N) is 4. The molecule has 0 amide bonds. The SMILES string of the molecule is C1=C\CC/C=C\CC/1.Fc1nc(F)c(F)c([PH+](O[B-](F)(F)O[PH+](c2c(F)c(F)nc(F)c2F)c2c(F)c(F)nc(F)c2F)c2c(F)c(F)nc(F)c2F)c1F.[Rh]. The van der Waals surface area contributed by atoms with Crippen molar-refractivity contribution in [3.63, 3.8) is 0 Å². The summed E-state index contributed by atoms with van der Waals surface area (Å²) < 4.78 is 266. The van der Waals surface area contributed by atoms with Crippen molar-refractivity contribution >= 4 is 44.6 Å². The first kappa shape index (κ1) is 46.7. The monoisotopic (exact) mass is 956 g/mol. The van der Waals surface area contributed by atoms with Crippen LogP contribution in [0, 0.1) is 94.1 Å². The molecule has 0 bridgehead atoms. The minimum atomic E-state index is -7.12. The van der Waals surface area contributed by atoms with Crippen LogP contribution in [0.3, 0.4) is 0 Å². The average molecular weight is 956 g/mol. The first-order chi connectivity index (χ1) is 25.7. The van der Waals surface area contributed by atoms with Crippen LogP contribution >= 0.6 is 16.3 Å². The maximum absolute atomic E-state index is 15.4. The minimum absolute atomic E-state index is 0. The van der Waals surface area contributed by atoms with Crippen molar-refractivity contribution in [2.75, 3.05) is 0 Å². The first-order valence-electron chi connectivity index (χ1n) is 14.4. The molecular formula is C28H14BF18N4O2P2Rh+. The van der Waals surface area contributed by atoms with E-state index in [0.717, 1.165) is 0 Å². The van der Waals surface area contributed by atoms with E-state index in [-0.39, 0.29) is 19.5 Å². The predicted molar refractivity (Wildman–Crippen MR) is 158 cm³/mol. The molecule has 1 aliphatic rings. The Labute approximate surface area is 315 Å². The van der Waals surface area contributed by atoms with E-state index in [9.17, 15) is 70.2 Å². The second-order valence-corrected chi connectivity index (χ2v) is 14.1. The van der Waals surface area contributed by atoms with Gasteiger partial charge in [0.05, 0.1) is 0 Å². The van der Waals surface area contributed by atoms with Gasteiger partial charge in [0.1, 0.15) is 0 Å². The zero-order valence-corrected chi connectivity index (χ0v) is 30.1. The summed E-state index contributed by atoms with van der Waals surface area (Å²) in [7, 11) is -18.5. The molecular weight excluding hydrogens is 942 g/mol. The van der Waals surface area contributed by atoms with E-state index in [4.69, 9.17) is 0 Å². The fourth-order valence-corrected chi connectivity index (χ4v) is 8.52. The van der Waals surface area contributed by atoms with E-state index in [1.165, 1.54) is 25.7 Å². The molecule has 0 aliphatic heterocycles. The molecule has 6 nitrogen and oxygen atoms in total. The molecule has 0 atom stereocenters. The normalized spacial score (nSPS) is 14.2. The fourth-order valence-electron chi connectivity index (χ4n) is 4.39. The van der Waals surface area contributed by atoms with Gasteiger partial charge in [-0.1, -0.05) is 24.3 Å². The number of halogens is 18. The first-order valence-corrected chi connectivity index (χ1v) is 17.2. The van der Waals surface area contributed by atoms with Crippen LogP contribution in [0.15, 0.2) is 24.3 Å². The van der Waals surface area contributed by atoms with Gasteiger partial charge in [-0.2, -0.15) is 90.2 Å². The van der Waals surface area contributed by atoms with Gasteiger partial charge in [-0.3, -0.25) is 0 Å². The van der Waals surface area contributed by atoms with Crippen molar-refractivity contribution in [3.05, 3.63) is 118 Å². The molecule has 4 aromatic heterocycles. The van der Waals surface area contributed by atoms with Gasteiger partial charge in [0.15, 0.2) is 16.3 Å². The van der Waals surface area contributed by atoms with Crippen molar-refractivity contribution in [1.29, 1.82) is 0 Å². The third-order valence-corrected chi connectivity index (χ3v) is 11.3. The third kappa shape index (κ3) is 10.0. The largest absolute Gasteiger partial charge is 0.671 e. The Bertz CT molecular complexity index is 1800. The van der Waals surface area contributed by atoms with Gasteiger partial charge in [-0.25, -0.2) is 0 Å². The van der Waals surface area contributed by atoms with Gasteiger partial charge in [0, 0.05) is 19.5 Å². The summed E-state index contributed by atoms with van der Waals surface area (Å²) in [6.07, 6.45) is 14.0. The molecule has 1 aliphatic carbocycles. The van der Waals surface area contributed by atoms with Gasteiger partial charge >= 0.3 is 7.11 Å². The quantitative estimate of drug-likeness (QED) is 0.0603. The molecule has 0 N–H and O–H groups in total. The molecule has 0 fully saturated rings. The number of hydrogen-bond acceptors (Lipinski definition) is 6. The van der Waals surface area contributed by atoms with Crippen LogP contribution in [-0.2, 0) is 28.4 Å². The van der Waals surface area contributed by atoms with Gasteiger partial charge < -0.3 is 17.5 Å². The molecule has 5 rings (SSSR count). The smallest absolute Gasteiger partial charge is 0.422 e. The maximum atomic E-state index is 15.4. The Kier molecular flexibility index (Phi) is 16.0. The zero-order chi connectivity index (χ0) is 41.1. The van der Waals surface area contributed by atoms with Crippen LogP contribution in [0.2, 0.25) is 0 Å². The minimum Gasteiger partial charge on any atom is -0.422 e. The summed E-state index contributed by atoms with van der Waals surface area (Å²) in [5, 5.41) is -10.6. The standard InChI is InChI=1S/C20BF18N4O2P2.C8H12.Rh/c22-1-9(2(23)14(31)40-13(1)30)46(10-3(24)15(32)41-16(33)4(10)25)44-21(38,39)45-47(11-5(26)17(34)42-18(35)6(11)27)12-7(28)19(36)43-20(37)8(12)29;1-2-4-6-8-7-5-3-1;/h;1-2,7-8H,3-6H2;/q-1;;/p+2/b;2-1-,8-7-;. The second-order valence-electron chi connectivity index (χ2n) is 10.3. The summed E-state index contributed by atoms with van der Waals surface area (Å²) in [5.41, 5.74) is 0. The van der Waals surface area contributed by atoms with Crippen LogP contribution in [0.25, 0.3) is 0 Å². The van der Waals surface area contributed by atoms with Crippen molar-refractivity contribution in [1.82, 2.24) is 19.9 Å². The van der Waals surface area contributed by atoms with Crippen LogP contribution in [0.1, 0.15) is 25.7 Å². The van der Waals surface area contributed by atoms with Gasteiger partial charge in [-0.15, -0.1) is 0 Å². The summed E-state index contributed by atoms with van der Waals surface area (Å²) >= 11 is 0. The summed E-state index contributed by atoms with van der Waals surface area (Å²) in [6, 6.07) is 0. The van der Waals surface area contributed by atoms with E-state index in [2.05, 4.69) is 33.2 Å². The van der Waals surface area contributed by atoms with Crippen LogP contribution in [0.4, 0.5) is 78.9 Å². The maximum Gasteiger partial charge on any atom is 0.671 e. The summed E-state index contributed by atoms with van der Waals surface area (Å²) in [5.74, 6) is -45.7. The van der Waals surface area contributed by atoms with Crippen molar-refractivity contribution in [2.24, 2.45) is 0 Å². The van der Waals surface area contributed by atoms with E-state index in [0.29, 0.717) is 0 Å². The molecule has 0 aromatic carbocycles. The molecule has 0 unspecified atom stereocenters. The van der Waals surface area contributed by atoms with Crippen LogP contribution < -0.4 is 21.2 Å². The molecule has 0 saturated heterocycles. The van der Waals surface area contributed by atoms with Crippen molar-refractivity contribution in [2.45, 2.75) is 25.7 Å². The molecule has 28 heteroatoms. The predicted octanol–water partition coefficient (Wildman–Crippen LogP) is 7.43. The summed E-state index contributed by atoms with van der Waals surface area (Å²) in [6.45, 7) is 0. The zero-order valence-electron chi connectivity index (χ0n) is 26.5. The molecule has 305 valence electrons. The van der Waals surface area contributed by atoms with E-state index in [1.807, 2.05) is 19.9 Å². The van der Waals surface area contributed by atoms with Crippen LogP contribution in [-0.4, -0.2) is 27.0 Å². The summed E-state index contributed by atoms with van der Waals surface area (Å²) in [4.78, 5) is 7.94. The van der Waals surface area contributed by atoms with Gasteiger partial charge in [0.25, 0.3) is 47.6 Å². The molecule has 4 heterocycles. The Hall–Kier alpha value is -3.71. The number of pyridine rings is 4. The molecule has 1 radical (unpaired) electrons. The second kappa shape index (κ2) is 19.2. The Morgan fingerprint density at radius 1 is 0.357 bits per heavy atom. The number of hydrogen-bond donors (Lipinski definition) is 0.